The zero-order valence-electron chi connectivity index (χ0n) is 9.27. The Morgan fingerprint density at radius 3 is 2.33 bits per heavy atom. The maximum absolute atomic E-state index is 6.18. The molecular weight excluding hydrogens is 267 g/mol. The lowest BCUT2D eigenvalue weighted by molar-refractivity contribution is 1.23. The molecule has 0 aliphatic carbocycles. The lowest BCUT2D eigenvalue weighted by Crippen LogP contribution is -1.92. The van der Waals surface area contributed by atoms with Gasteiger partial charge in [0, 0.05) is 5.56 Å². The van der Waals surface area contributed by atoms with Crippen molar-refractivity contribution < 1.29 is 0 Å². The normalized spacial score (nSPS) is 10.8. The highest BCUT2D eigenvalue weighted by atomic mass is 35.5. The highest BCUT2D eigenvalue weighted by Crippen LogP contribution is 2.29. The summed E-state index contributed by atoms with van der Waals surface area (Å²) in [7, 11) is 0. The van der Waals surface area contributed by atoms with E-state index in [1.54, 1.807) is 6.07 Å². The van der Waals surface area contributed by atoms with Crippen molar-refractivity contribution in [2.24, 2.45) is 0 Å². The van der Waals surface area contributed by atoms with Crippen molar-refractivity contribution in [1.29, 1.82) is 0 Å². The lowest BCUT2D eigenvalue weighted by atomic mass is 10.2. The van der Waals surface area contributed by atoms with Gasteiger partial charge >= 0.3 is 0 Å². The summed E-state index contributed by atoms with van der Waals surface area (Å²) in [5, 5.41) is 1.64. The summed E-state index contributed by atoms with van der Waals surface area (Å²) in [6.45, 7) is 0. The Hall–Kier alpha value is -1.64. The maximum atomic E-state index is 6.18. The first-order valence-corrected chi connectivity index (χ1v) is 6.18. The SMILES string of the molecule is Clc1cccc2nc(-c3ccccc3)nc(Cl)c12. The van der Waals surface area contributed by atoms with Crippen molar-refractivity contribution >= 4 is 34.1 Å². The molecule has 0 amide bonds. The molecule has 1 aromatic heterocycles. The molecule has 1 heterocycles. The van der Waals surface area contributed by atoms with Crippen molar-refractivity contribution in [1.82, 2.24) is 9.97 Å². The van der Waals surface area contributed by atoms with Gasteiger partial charge < -0.3 is 0 Å². The molecule has 0 atom stereocenters. The summed E-state index contributed by atoms with van der Waals surface area (Å²) in [5.41, 5.74) is 1.68. The molecule has 0 spiro atoms. The van der Waals surface area contributed by atoms with Crippen molar-refractivity contribution in [3.8, 4) is 11.4 Å². The molecule has 0 unspecified atom stereocenters. The number of halogens is 2. The summed E-state index contributed by atoms with van der Waals surface area (Å²) < 4.78 is 0. The van der Waals surface area contributed by atoms with E-state index < -0.39 is 0 Å². The zero-order chi connectivity index (χ0) is 12.5. The molecular formula is C14H8Cl2N2. The molecule has 0 bridgehead atoms. The van der Waals surface area contributed by atoms with Gasteiger partial charge in [-0.2, -0.15) is 0 Å². The first kappa shape index (κ1) is 11.5. The number of nitrogens with zero attached hydrogens (tertiary/aromatic N) is 2. The fourth-order valence-electron chi connectivity index (χ4n) is 1.81. The van der Waals surface area contributed by atoms with Crippen LogP contribution >= 0.6 is 23.2 Å². The van der Waals surface area contributed by atoms with Crippen LogP contribution in [0, 0.1) is 0 Å². The number of benzene rings is 2. The van der Waals surface area contributed by atoms with Crippen LogP contribution in [0.2, 0.25) is 10.2 Å². The third kappa shape index (κ3) is 1.94. The second kappa shape index (κ2) is 4.56. The minimum absolute atomic E-state index is 0.379. The van der Waals surface area contributed by atoms with Crippen LogP contribution in [0.25, 0.3) is 22.3 Å². The Morgan fingerprint density at radius 1 is 0.778 bits per heavy atom. The van der Waals surface area contributed by atoms with Crippen LogP contribution in [0.5, 0.6) is 0 Å². The van der Waals surface area contributed by atoms with Gasteiger partial charge in [-0.15, -0.1) is 0 Å². The van der Waals surface area contributed by atoms with E-state index >= 15 is 0 Å². The predicted octanol–water partition coefficient (Wildman–Crippen LogP) is 4.60. The van der Waals surface area contributed by atoms with Crippen molar-refractivity contribution in [3.63, 3.8) is 0 Å². The number of hydrogen-bond acceptors (Lipinski definition) is 2. The second-order valence-electron chi connectivity index (χ2n) is 3.84. The Kier molecular flexibility index (Phi) is 2.90. The van der Waals surface area contributed by atoms with E-state index in [1.165, 1.54) is 0 Å². The second-order valence-corrected chi connectivity index (χ2v) is 4.60. The Balaban J connectivity index is 2.29. The van der Waals surface area contributed by atoms with Gasteiger partial charge in [0.25, 0.3) is 0 Å². The van der Waals surface area contributed by atoms with Crippen molar-refractivity contribution in [3.05, 3.63) is 58.7 Å². The molecule has 0 aliphatic heterocycles. The molecule has 0 N–H and O–H groups in total. The summed E-state index contributed by atoms with van der Waals surface area (Å²) in [6.07, 6.45) is 0. The molecule has 0 saturated carbocycles. The molecule has 0 aliphatic rings. The van der Waals surface area contributed by atoms with E-state index in [1.807, 2.05) is 42.5 Å². The van der Waals surface area contributed by atoms with Gasteiger partial charge in [-0.3, -0.25) is 0 Å². The summed E-state index contributed by atoms with van der Waals surface area (Å²) in [6, 6.07) is 15.2. The summed E-state index contributed by atoms with van der Waals surface area (Å²) in [5.74, 6) is 0.607. The average Bonchev–Trinajstić information content (AvgIpc) is 2.39. The number of rotatable bonds is 1. The van der Waals surface area contributed by atoms with Crippen LogP contribution in [0.4, 0.5) is 0 Å². The molecule has 3 aromatic rings. The molecule has 0 fully saturated rings. The smallest absolute Gasteiger partial charge is 0.161 e. The maximum Gasteiger partial charge on any atom is 0.161 e. The van der Waals surface area contributed by atoms with Crippen molar-refractivity contribution in [2.75, 3.05) is 0 Å². The monoisotopic (exact) mass is 274 g/mol. The molecule has 2 aromatic carbocycles. The number of aromatic nitrogens is 2. The first-order chi connectivity index (χ1) is 8.75. The standard InChI is InChI=1S/C14H8Cl2N2/c15-10-7-4-8-11-12(10)13(16)18-14(17-11)9-5-2-1-3-6-9/h1-8H. The topological polar surface area (TPSA) is 25.8 Å². The van der Waals surface area contributed by atoms with E-state index in [0.29, 0.717) is 21.4 Å². The van der Waals surface area contributed by atoms with Crippen LogP contribution < -0.4 is 0 Å². The van der Waals surface area contributed by atoms with Crippen LogP contribution in [0.3, 0.4) is 0 Å². The van der Waals surface area contributed by atoms with Crippen LogP contribution in [0.1, 0.15) is 0 Å². The minimum Gasteiger partial charge on any atom is -0.228 e. The van der Waals surface area contributed by atoms with Gasteiger partial charge in [-0.25, -0.2) is 9.97 Å². The lowest BCUT2D eigenvalue weighted by Gasteiger charge is -2.05. The van der Waals surface area contributed by atoms with E-state index in [4.69, 9.17) is 23.2 Å². The van der Waals surface area contributed by atoms with Crippen LogP contribution in [-0.4, -0.2) is 9.97 Å². The van der Waals surface area contributed by atoms with E-state index in [0.717, 1.165) is 11.1 Å². The molecule has 0 radical (unpaired) electrons. The fraction of sp³-hybridized carbons (Fsp3) is 0. The van der Waals surface area contributed by atoms with Crippen molar-refractivity contribution in [2.45, 2.75) is 0 Å². The van der Waals surface area contributed by atoms with Crippen LogP contribution in [0.15, 0.2) is 48.5 Å². The molecule has 88 valence electrons. The molecule has 18 heavy (non-hydrogen) atoms. The minimum atomic E-state index is 0.379. The predicted molar refractivity (Wildman–Crippen MR) is 75.0 cm³/mol. The molecule has 4 heteroatoms. The van der Waals surface area contributed by atoms with Gasteiger partial charge in [0.2, 0.25) is 0 Å². The molecule has 2 nitrogen and oxygen atoms in total. The van der Waals surface area contributed by atoms with Gasteiger partial charge in [0.1, 0.15) is 5.15 Å². The fourth-order valence-corrected chi connectivity index (χ4v) is 2.40. The van der Waals surface area contributed by atoms with Gasteiger partial charge in [-0.1, -0.05) is 59.6 Å². The Bertz CT molecular complexity index is 712. The van der Waals surface area contributed by atoms with Gasteiger partial charge in [-0.05, 0) is 12.1 Å². The third-order valence-electron chi connectivity index (χ3n) is 2.66. The highest BCUT2D eigenvalue weighted by molar-refractivity contribution is 6.41. The average molecular weight is 275 g/mol. The van der Waals surface area contributed by atoms with E-state index in [2.05, 4.69) is 9.97 Å². The summed E-state index contributed by atoms with van der Waals surface area (Å²) >= 11 is 12.3. The van der Waals surface area contributed by atoms with E-state index in [9.17, 15) is 0 Å². The van der Waals surface area contributed by atoms with Gasteiger partial charge in [0.05, 0.1) is 15.9 Å². The largest absolute Gasteiger partial charge is 0.228 e. The summed E-state index contributed by atoms with van der Waals surface area (Å²) in [4.78, 5) is 8.79. The number of hydrogen-bond donors (Lipinski definition) is 0. The first-order valence-electron chi connectivity index (χ1n) is 5.43. The highest BCUT2D eigenvalue weighted by Gasteiger charge is 2.09. The van der Waals surface area contributed by atoms with Gasteiger partial charge in [0.15, 0.2) is 5.82 Å². The van der Waals surface area contributed by atoms with Crippen LogP contribution in [-0.2, 0) is 0 Å². The quantitative estimate of drug-likeness (QED) is 0.606. The molecule has 3 rings (SSSR count). The zero-order valence-corrected chi connectivity index (χ0v) is 10.8. The third-order valence-corrected chi connectivity index (χ3v) is 3.25. The Morgan fingerprint density at radius 2 is 1.56 bits per heavy atom. The Labute approximate surface area is 114 Å². The number of fused-ring (bicyclic) bond motifs is 1. The molecule has 0 saturated heterocycles. The van der Waals surface area contributed by atoms with E-state index in [-0.39, 0.29) is 0 Å².